The van der Waals surface area contributed by atoms with Gasteiger partial charge in [0.1, 0.15) is 5.82 Å². The molecule has 180 valence electrons. The molecule has 0 spiro atoms. The van der Waals surface area contributed by atoms with Crippen LogP contribution in [-0.2, 0) is 11.9 Å². The van der Waals surface area contributed by atoms with Gasteiger partial charge >= 0.3 is 6.18 Å². The molecular weight excluding hydrogens is 475 g/mol. The van der Waals surface area contributed by atoms with Crippen molar-refractivity contribution >= 4 is 34.5 Å². The van der Waals surface area contributed by atoms with Gasteiger partial charge in [0.15, 0.2) is 5.16 Å². The van der Waals surface area contributed by atoms with Crippen LogP contribution in [0, 0.1) is 0 Å². The Kier molecular flexibility index (Phi) is 6.38. The minimum Gasteiger partial charge on any atom is -0.353 e. The molecule has 0 atom stereocenters. The smallest absolute Gasteiger partial charge is 0.353 e. The molecule has 2 aromatic carbocycles. The van der Waals surface area contributed by atoms with Crippen LogP contribution in [-0.4, -0.2) is 51.9 Å². The zero-order valence-electron chi connectivity index (χ0n) is 18.6. The van der Waals surface area contributed by atoms with Crippen molar-refractivity contribution < 1.29 is 18.0 Å². The topological polar surface area (TPSA) is 65.1 Å². The second-order valence-corrected chi connectivity index (χ2v) is 9.19. The Hall–Kier alpha value is -3.53. The molecule has 2 aromatic heterocycles. The Bertz CT molecular complexity index is 1280. The molecule has 0 saturated carbocycles. The number of nitrogens with one attached hydrogen (secondary N) is 1. The number of fused-ring (bicyclic) bond motifs is 1. The Morgan fingerprint density at radius 1 is 0.971 bits per heavy atom. The normalized spacial score (nSPS) is 14.5. The number of amides is 1. The fourth-order valence-corrected chi connectivity index (χ4v) is 4.80. The van der Waals surface area contributed by atoms with Crippen LogP contribution >= 0.6 is 11.8 Å². The molecule has 1 amide bonds. The highest BCUT2D eigenvalue weighted by Gasteiger charge is 2.31. The highest BCUT2D eigenvalue weighted by atomic mass is 32.2. The number of nitrogens with zero attached hydrogens (tertiary/aromatic N) is 4. The van der Waals surface area contributed by atoms with E-state index in [1.165, 1.54) is 6.07 Å². The SMILES string of the molecule is O=C(c1ccc(CSc2nc3ccccc3[nH]2)cc1)N1CCN(c2ccc(C(F)(F)F)cn2)CC1. The minimum absolute atomic E-state index is 0.0542. The van der Waals surface area contributed by atoms with Crippen molar-refractivity contribution in [2.45, 2.75) is 17.1 Å². The van der Waals surface area contributed by atoms with E-state index < -0.39 is 11.7 Å². The first kappa shape index (κ1) is 23.2. The predicted octanol–water partition coefficient (Wildman–Crippen LogP) is 5.23. The first-order chi connectivity index (χ1) is 16.9. The average molecular weight is 498 g/mol. The number of piperazine rings is 1. The number of alkyl halides is 3. The fraction of sp³-hybridized carbons (Fsp3) is 0.240. The van der Waals surface area contributed by atoms with Gasteiger partial charge in [0.05, 0.1) is 16.6 Å². The highest BCUT2D eigenvalue weighted by molar-refractivity contribution is 7.98. The quantitative estimate of drug-likeness (QED) is 0.383. The van der Waals surface area contributed by atoms with E-state index >= 15 is 0 Å². The van der Waals surface area contributed by atoms with Crippen molar-refractivity contribution in [3.05, 3.63) is 83.6 Å². The Morgan fingerprint density at radius 3 is 2.37 bits per heavy atom. The van der Waals surface area contributed by atoms with Crippen LogP contribution in [0.2, 0.25) is 0 Å². The van der Waals surface area contributed by atoms with Crippen LogP contribution in [0.25, 0.3) is 11.0 Å². The van der Waals surface area contributed by atoms with Crippen molar-refractivity contribution in [1.29, 1.82) is 0 Å². The zero-order chi connectivity index (χ0) is 24.4. The van der Waals surface area contributed by atoms with E-state index in [4.69, 9.17) is 0 Å². The fourth-order valence-electron chi connectivity index (χ4n) is 3.96. The Balaban J connectivity index is 1.14. The van der Waals surface area contributed by atoms with Crippen LogP contribution in [0.4, 0.5) is 19.0 Å². The molecule has 1 aliphatic rings. The molecule has 1 N–H and O–H groups in total. The van der Waals surface area contributed by atoms with Gasteiger partial charge in [0.2, 0.25) is 0 Å². The highest BCUT2D eigenvalue weighted by Crippen LogP contribution is 2.29. The second-order valence-electron chi connectivity index (χ2n) is 8.23. The summed E-state index contributed by atoms with van der Waals surface area (Å²) in [7, 11) is 0. The summed E-state index contributed by atoms with van der Waals surface area (Å²) in [6, 6.07) is 17.9. The number of aromatic nitrogens is 3. The largest absolute Gasteiger partial charge is 0.417 e. The molecule has 10 heteroatoms. The molecule has 35 heavy (non-hydrogen) atoms. The first-order valence-electron chi connectivity index (χ1n) is 11.1. The van der Waals surface area contributed by atoms with E-state index in [9.17, 15) is 18.0 Å². The second kappa shape index (κ2) is 9.61. The molecule has 3 heterocycles. The van der Waals surface area contributed by atoms with Crippen molar-refractivity contribution in [2.24, 2.45) is 0 Å². The van der Waals surface area contributed by atoms with Gasteiger partial charge in [-0.3, -0.25) is 4.79 Å². The lowest BCUT2D eigenvalue weighted by molar-refractivity contribution is -0.137. The van der Waals surface area contributed by atoms with Crippen LogP contribution in [0.1, 0.15) is 21.5 Å². The predicted molar refractivity (Wildman–Crippen MR) is 129 cm³/mol. The molecule has 4 aromatic rings. The molecule has 1 aliphatic heterocycles. The van der Waals surface area contributed by atoms with Gasteiger partial charge in [-0.15, -0.1) is 0 Å². The van der Waals surface area contributed by atoms with Gasteiger partial charge in [0.25, 0.3) is 5.91 Å². The maximum Gasteiger partial charge on any atom is 0.417 e. The summed E-state index contributed by atoms with van der Waals surface area (Å²) in [5.41, 5.74) is 2.87. The lowest BCUT2D eigenvalue weighted by Gasteiger charge is -2.35. The number of imidazole rings is 1. The third-order valence-electron chi connectivity index (χ3n) is 5.91. The number of para-hydroxylation sites is 2. The van der Waals surface area contributed by atoms with E-state index in [1.54, 1.807) is 16.7 Å². The number of aromatic amines is 1. The molecule has 1 fully saturated rings. The summed E-state index contributed by atoms with van der Waals surface area (Å²) in [4.78, 5) is 28.4. The minimum atomic E-state index is -4.40. The Labute approximate surface area is 204 Å². The van der Waals surface area contributed by atoms with Gasteiger partial charge in [-0.25, -0.2) is 9.97 Å². The van der Waals surface area contributed by atoms with Crippen molar-refractivity contribution in [1.82, 2.24) is 19.9 Å². The number of benzene rings is 2. The number of thioether (sulfide) groups is 1. The summed E-state index contributed by atoms with van der Waals surface area (Å²) in [6.07, 6.45) is -3.56. The number of rotatable bonds is 5. The van der Waals surface area contributed by atoms with E-state index in [-0.39, 0.29) is 5.91 Å². The number of anilines is 1. The Morgan fingerprint density at radius 2 is 1.71 bits per heavy atom. The summed E-state index contributed by atoms with van der Waals surface area (Å²) in [6.45, 7) is 1.98. The lowest BCUT2D eigenvalue weighted by atomic mass is 10.1. The van der Waals surface area contributed by atoms with Gasteiger partial charge in [0, 0.05) is 43.7 Å². The number of hydrogen-bond donors (Lipinski definition) is 1. The molecule has 1 saturated heterocycles. The standard InChI is InChI=1S/C25H22F3N5OS/c26-25(27,28)19-9-10-22(29-15-19)32-11-13-33(14-12-32)23(34)18-7-5-17(6-8-18)16-35-24-30-20-3-1-2-4-21(20)31-24/h1-10,15H,11-14,16H2,(H,30,31). The van der Waals surface area contributed by atoms with Crippen molar-refractivity contribution in [3.63, 3.8) is 0 Å². The maximum atomic E-state index is 12.9. The molecular formula is C25H22F3N5OS. The van der Waals surface area contributed by atoms with Gasteiger partial charge < -0.3 is 14.8 Å². The molecule has 0 bridgehead atoms. The maximum absolute atomic E-state index is 12.9. The number of carbonyl (C=O) groups excluding carboxylic acids is 1. The van der Waals surface area contributed by atoms with Crippen LogP contribution in [0.5, 0.6) is 0 Å². The third-order valence-corrected chi connectivity index (χ3v) is 6.85. The molecule has 5 rings (SSSR count). The first-order valence-corrected chi connectivity index (χ1v) is 12.1. The monoisotopic (exact) mass is 497 g/mol. The number of halogens is 3. The van der Waals surface area contributed by atoms with Crippen molar-refractivity contribution in [2.75, 3.05) is 31.1 Å². The molecule has 0 radical (unpaired) electrons. The van der Waals surface area contributed by atoms with Gasteiger partial charge in [-0.2, -0.15) is 13.2 Å². The van der Waals surface area contributed by atoms with E-state index in [0.29, 0.717) is 37.6 Å². The van der Waals surface area contributed by atoms with Crippen LogP contribution < -0.4 is 4.90 Å². The molecule has 0 unspecified atom stereocenters. The zero-order valence-corrected chi connectivity index (χ0v) is 19.4. The van der Waals surface area contributed by atoms with Crippen LogP contribution in [0.3, 0.4) is 0 Å². The van der Waals surface area contributed by atoms with Gasteiger partial charge in [-0.1, -0.05) is 36.0 Å². The summed E-state index contributed by atoms with van der Waals surface area (Å²) < 4.78 is 38.2. The van der Waals surface area contributed by atoms with Gasteiger partial charge in [-0.05, 0) is 42.0 Å². The van der Waals surface area contributed by atoms with E-state index in [0.717, 1.165) is 39.8 Å². The molecule has 6 nitrogen and oxygen atoms in total. The number of H-pyrrole nitrogens is 1. The lowest BCUT2D eigenvalue weighted by Crippen LogP contribution is -2.49. The summed E-state index contributed by atoms with van der Waals surface area (Å²) >= 11 is 1.61. The third kappa shape index (κ3) is 5.27. The summed E-state index contributed by atoms with van der Waals surface area (Å²) in [5.74, 6) is 1.16. The summed E-state index contributed by atoms with van der Waals surface area (Å²) in [5, 5.41) is 0.853. The molecule has 0 aliphatic carbocycles. The van der Waals surface area contributed by atoms with E-state index in [2.05, 4.69) is 15.0 Å². The average Bonchev–Trinajstić information content (AvgIpc) is 3.30. The van der Waals surface area contributed by atoms with Crippen molar-refractivity contribution in [3.8, 4) is 0 Å². The number of pyridine rings is 1. The van der Waals surface area contributed by atoms with Crippen LogP contribution in [0.15, 0.2) is 72.0 Å². The number of carbonyl (C=O) groups is 1. The van der Waals surface area contributed by atoms with E-state index in [1.807, 2.05) is 53.4 Å². The number of hydrogen-bond acceptors (Lipinski definition) is 5.